The van der Waals surface area contributed by atoms with Gasteiger partial charge in [0.1, 0.15) is 0 Å². The van der Waals surface area contributed by atoms with Crippen molar-refractivity contribution >= 4 is 43.4 Å². The van der Waals surface area contributed by atoms with Crippen LogP contribution in [0, 0.1) is 0 Å². The summed E-state index contributed by atoms with van der Waals surface area (Å²) < 4.78 is 3.32. The first-order chi connectivity index (χ1) is 7.18. The minimum Gasteiger partial charge on any atom is -1.00 e. The third-order valence-electron chi connectivity index (χ3n) is 2.83. The molecule has 1 aromatic carbocycles. The van der Waals surface area contributed by atoms with Gasteiger partial charge in [0.2, 0.25) is 0 Å². The van der Waals surface area contributed by atoms with Crippen molar-refractivity contribution in [1.29, 1.82) is 0 Å². The third-order valence-corrected chi connectivity index (χ3v) is 6.44. The van der Waals surface area contributed by atoms with Gasteiger partial charge in [0, 0.05) is 0 Å². The number of hydrogen-bond donors (Lipinski definition) is 0. The van der Waals surface area contributed by atoms with Gasteiger partial charge >= 0.3 is 117 Å². The molecule has 2 aromatic rings. The second-order valence-electron chi connectivity index (χ2n) is 3.81. The Morgan fingerprint density at radius 1 is 1.22 bits per heavy atom. The van der Waals surface area contributed by atoms with E-state index in [-0.39, 0.29) is 37.2 Å². The normalized spacial score (nSPS) is 16.2. The maximum atomic E-state index is 3.67. The minimum atomic E-state index is 0. The molecule has 1 atom stereocenters. The van der Waals surface area contributed by atoms with E-state index in [9.17, 15) is 0 Å². The van der Waals surface area contributed by atoms with Gasteiger partial charge in [-0.3, -0.25) is 0 Å². The SMILES string of the molecule is CC1=Cc2sc3cccc(Br)c3c2[CH]1[Zr+3].[Cl-].[Cl-].[Cl-]. The molecule has 0 radical (unpaired) electrons. The zero-order valence-corrected chi connectivity index (χ0v) is 16.4. The van der Waals surface area contributed by atoms with Crippen molar-refractivity contribution in [1.82, 2.24) is 0 Å². The summed E-state index contributed by atoms with van der Waals surface area (Å²) in [6, 6.07) is 6.48. The molecule has 0 saturated heterocycles. The van der Waals surface area contributed by atoms with Gasteiger partial charge in [0.25, 0.3) is 0 Å². The van der Waals surface area contributed by atoms with Crippen LogP contribution in [-0.4, -0.2) is 0 Å². The average Bonchev–Trinajstić information content (AvgIpc) is 2.66. The Balaban J connectivity index is 0.000000963. The molecule has 0 bridgehead atoms. The molecule has 1 aromatic heterocycles. The van der Waals surface area contributed by atoms with Crippen molar-refractivity contribution in [3.63, 3.8) is 0 Å². The number of hydrogen-bond acceptors (Lipinski definition) is 1. The van der Waals surface area contributed by atoms with Gasteiger partial charge in [-0.1, -0.05) is 0 Å². The standard InChI is InChI=1S/C12H8BrS.3ClH.Zr/c1-7-5-8-11(6-7)14-10-4-2-3-9(13)12(8)10;;;;/h2-6H,1H3;3*1H;/q;;;;+3/p-3. The van der Waals surface area contributed by atoms with Gasteiger partial charge < -0.3 is 37.2 Å². The summed E-state index contributed by atoms with van der Waals surface area (Å²) in [6.07, 6.45) is 2.35. The smallest absolute Gasteiger partial charge is 1.00 e. The number of thiophene rings is 1. The zero-order chi connectivity index (χ0) is 10.6. The Hall–Kier alpha value is 1.15. The Morgan fingerprint density at radius 2 is 1.89 bits per heavy atom. The van der Waals surface area contributed by atoms with E-state index in [1.54, 1.807) is 30.3 Å². The molecule has 1 unspecified atom stereocenters. The quantitative estimate of drug-likeness (QED) is 0.372. The summed E-state index contributed by atoms with van der Waals surface area (Å²) in [7, 11) is 0. The van der Waals surface area contributed by atoms with Crippen LogP contribution >= 0.6 is 27.3 Å². The van der Waals surface area contributed by atoms with Crippen LogP contribution in [0.25, 0.3) is 16.2 Å². The van der Waals surface area contributed by atoms with Crippen molar-refractivity contribution in [3.05, 3.63) is 38.7 Å². The third kappa shape index (κ3) is 2.92. The van der Waals surface area contributed by atoms with Crippen molar-refractivity contribution in [2.24, 2.45) is 0 Å². The van der Waals surface area contributed by atoms with Gasteiger partial charge in [0.15, 0.2) is 0 Å². The Morgan fingerprint density at radius 3 is 2.56 bits per heavy atom. The van der Waals surface area contributed by atoms with Crippen molar-refractivity contribution < 1.29 is 61.9 Å². The first kappa shape index (κ1) is 19.2. The molecule has 0 nitrogen and oxygen atoms in total. The largest absolute Gasteiger partial charge is 1.00 e. The molecular weight excluding hydrogens is 454 g/mol. The molecule has 0 fully saturated rings. The van der Waals surface area contributed by atoms with Gasteiger partial charge in [-0.25, -0.2) is 0 Å². The molecule has 0 spiro atoms. The maximum absolute atomic E-state index is 3.67. The fourth-order valence-electron chi connectivity index (χ4n) is 2.06. The van der Waals surface area contributed by atoms with Gasteiger partial charge in [0.05, 0.1) is 0 Å². The topological polar surface area (TPSA) is 0 Å². The maximum Gasteiger partial charge on any atom is -1.00 e. The van der Waals surface area contributed by atoms with Crippen LogP contribution in [0.2, 0.25) is 0 Å². The summed E-state index contributed by atoms with van der Waals surface area (Å²) in [5.41, 5.74) is 3.07. The molecule has 18 heavy (non-hydrogen) atoms. The van der Waals surface area contributed by atoms with Crippen LogP contribution in [0.4, 0.5) is 0 Å². The number of rotatable bonds is 0. The summed E-state index contributed by atoms with van der Waals surface area (Å²) in [5.74, 6) is 0. The summed E-state index contributed by atoms with van der Waals surface area (Å²) in [5, 5.41) is 1.44. The zero-order valence-electron chi connectivity index (χ0n) is 9.31. The van der Waals surface area contributed by atoms with Crippen molar-refractivity contribution in [2.75, 3.05) is 0 Å². The number of halogens is 4. The van der Waals surface area contributed by atoms with Crippen LogP contribution in [0.5, 0.6) is 0 Å². The predicted molar refractivity (Wildman–Crippen MR) is 65.9 cm³/mol. The van der Waals surface area contributed by atoms with E-state index in [1.807, 2.05) is 11.3 Å². The van der Waals surface area contributed by atoms with E-state index in [0.717, 1.165) is 0 Å². The molecule has 94 valence electrons. The molecule has 3 rings (SSSR count). The molecule has 1 aliphatic carbocycles. The van der Waals surface area contributed by atoms with E-state index in [4.69, 9.17) is 0 Å². The van der Waals surface area contributed by atoms with E-state index in [1.165, 1.54) is 25.0 Å². The van der Waals surface area contributed by atoms with Crippen LogP contribution < -0.4 is 37.2 Å². The van der Waals surface area contributed by atoms with E-state index >= 15 is 0 Å². The van der Waals surface area contributed by atoms with Gasteiger partial charge in [-0.15, -0.1) is 0 Å². The molecule has 0 amide bonds. The summed E-state index contributed by atoms with van der Waals surface area (Å²) in [4.78, 5) is 1.47. The van der Waals surface area contributed by atoms with Crippen LogP contribution in [0.15, 0.2) is 28.2 Å². The number of fused-ring (bicyclic) bond motifs is 3. The molecule has 0 N–H and O–H groups in total. The van der Waals surface area contributed by atoms with Gasteiger partial charge in [-0.2, -0.15) is 0 Å². The van der Waals surface area contributed by atoms with Crippen molar-refractivity contribution in [3.8, 4) is 0 Å². The van der Waals surface area contributed by atoms with Crippen LogP contribution in [0.3, 0.4) is 0 Å². The average molecular weight is 462 g/mol. The molecular formula is C12H8BrCl3SZr. The molecule has 1 heterocycles. The van der Waals surface area contributed by atoms with E-state index < -0.39 is 0 Å². The van der Waals surface area contributed by atoms with Crippen LogP contribution in [0.1, 0.15) is 21.0 Å². The summed E-state index contributed by atoms with van der Waals surface area (Å²) >= 11 is 7.18. The fourth-order valence-corrected chi connectivity index (χ4v) is 5.25. The summed E-state index contributed by atoms with van der Waals surface area (Å²) in [6.45, 7) is 2.24. The van der Waals surface area contributed by atoms with E-state index in [2.05, 4.69) is 47.1 Å². The molecule has 0 saturated carbocycles. The monoisotopic (exact) mass is 458 g/mol. The number of benzene rings is 1. The fraction of sp³-hybridized carbons (Fsp3) is 0.167. The number of allylic oxidation sites excluding steroid dienone is 1. The second kappa shape index (κ2) is 7.24. The second-order valence-corrected chi connectivity index (χ2v) is 7.17. The minimum absolute atomic E-state index is 0. The molecule has 1 aliphatic rings. The molecule has 0 aliphatic heterocycles. The first-order valence-electron chi connectivity index (χ1n) is 4.78. The van der Waals surface area contributed by atoms with Crippen LogP contribution in [-0.2, 0) is 24.7 Å². The van der Waals surface area contributed by atoms with E-state index in [0.29, 0.717) is 3.63 Å². The molecule has 6 heteroatoms. The Kier molecular flexibility index (Phi) is 7.71. The first-order valence-corrected chi connectivity index (χ1v) is 7.81. The Bertz CT molecular complexity index is 594. The Labute approximate surface area is 153 Å². The predicted octanol–water partition coefficient (Wildman–Crippen LogP) is -4.32. The van der Waals surface area contributed by atoms with Gasteiger partial charge in [-0.05, 0) is 0 Å². The van der Waals surface area contributed by atoms with Crippen molar-refractivity contribution in [2.45, 2.75) is 10.5 Å².